The molecule has 0 saturated heterocycles. The minimum atomic E-state index is -0.677. The molecule has 0 amide bonds. The third kappa shape index (κ3) is 2.63. The van der Waals surface area contributed by atoms with Gasteiger partial charge in [0.15, 0.2) is 0 Å². The Morgan fingerprint density at radius 3 is 2.84 bits per heavy atom. The maximum Gasteiger partial charge on any atom is 0.312 e. The Kier molecular flexibility index (Phi) is 3.84. The number of phenolic OH excluding ortho intramolecular Hbond substituents is 1. The zero-order chi connectivity index (χ0) is 17.7. The number of H-pyrrole nitrogens is 1. The van der Waals surface area contributed by atoms with Crippen LogP contribution < -0.4 is 5.56 Å². The summed E-state index contributed by atoms with van der Waals surface area (Å²) >= 11 is 4.68. The number of rotatable bonds is 2. The Labute approximate surface area is 153 Å². The van der Waals surface area contributed by atoms with E-state index in [1.807, 2.05) is 0 Å². The highest BCUT2D eigenvalue weighted by molar-refractivity contribution is 9.10. The molecule has 128 valence electrons. The molecule has 9 heteroatoms. The predicted octanol–water partition coefficient (Wildman–Crippen LogP) is 3.91. The van der Waals surface area contributed by atoms with Gasteiger partial charge in [0.2, 0.25) is 5.75 Å². The van der Waals surface area contributed by atoms with E-state index < -0.39 is 16.4 Å². The van der Waals surface area contributed by atoms with Crippen molar-refractivity contribution in [1.82, 2.24) is 9.97 Å². The molecule has 1 aromatic carbocycles. The van der Waals surface area contributed by atoms with Crippen molar-refractivity contribution in [2.75, 3.05) is 0 Å². The van der Waals surface area contributed by atoms with Crippen LogP contribution in [0.2, 0.25) is 0 Å². The summed E-state index contributed by atoms with van der Waals surface area (Å²) in [5.41, 5.74) is 0.460. The molecule has 0 radical (unpaired) electrons. The van der Waals surface area contributed by atoms with Crippen LogP contribution in [-0.2, 0) is 12.8 Å². The first-order chi connectivity index (χ1) is 12.0. The molecule has 0 spiro atoms. The minimum Gasteiger partial charge on any atom is -0.502 e. The number of nitrogens with one attached hydrogen (secondary N) is 1. The van der Waals surface area contributed by atoms with Crippen LogP contribution in [0.3, 0.4) is 0 Å². The van der Waals surface area contributed by atoms with Crippen molar-refractivity contribution < 1.29 is 10.0 Å². The van der Waals surface area contributed by atoms with Crippen LogP contribution >= 0.6 is 27.3 Å². The van der Waals surface area contributed by atoms with Gasteiger partial charge < -0.3 is 10.1 Å². The zero-order valence-electron chi connectivity index (χ0n) is 12.8. The van der Waals surface area contributed by atoms with Crippen LogP contribution in [0.4, 0.5) is 5.69 Å². The maximum atomic E-state index is 12.6. The van der Waals surface area contributed by atoms with E-state index in [4.69, 9.17) is 0 Å². The van der Waals surface area contributed by atoms with E-state index in [1.54, 1.807) is 0 Å². The number of aromatic amines is 1. The fraction of sp³-hybridized carbons (Fsp3) is 0.250. The Bertz CT molecular complexity index is 1090. The molecule has 0 unspecified atom stereocenters. The molecule has 1 aliphatic rings. The van der Waals surface area contributed by atoms with Gasteiger partial charge in [-0.1, -0.05) is 15.9 Å². The molecule has 2 N–H and O–H groups in total. The smallest absolute Gasteiger partial charge is 0.312 e. The summed E-state index contributed by atoms with van der Waals surface area (Å²) < 4.78 is 0.417. The SMILES string of the molecule is O=c1[nH]c(-c2cc(Br)cc([N+](=O)[O-])c2O)nc2sc3c(c12)CCCC3. The second-order valence-electron chi connectivity index (χ2n) is 5.88. The van der Waals surface area contributed by atoms with E-state index in [2.05, 4.69) is 25.9 Å². The van der Waals surface area contributed by atoms with Gasteiger partial charge >= 0.3 is 5.69 Å². The Hall–Kier alpha value is -2.26. The number of benzene rings is 1. The van der Waals surface area contributed by atoms with Crippen molar-refractivity contribution in [1.29, 1.82) is 0 Å². The first-order valence-electron chi connectivity index (χ1n) is 7.67. The van der Waals surface area contributed by atoms with Gasteiger partial charge in [0.25, 0.3) is 5.56 Å². The summed E-state index contributed by atoms with van der Waals surface area (Å²) in [5.74, 6) is -0.394. The van der Waals surface area contributed by atoms with Gasteiger partial charge in [-0.05, 0) is 37.3 Å². The lowest BCUT2D eigenvalue weighted by Crippen LogP contribution is -2.11. The number of aromatic hydroxyl groups is 1. The van der Waals surface area contributed by atoms with Crippen LogP contribution in [0, 0.1) is 10.1 Å². The number of hydrogen-bond donors (Lipinski definition) is 2. The molecule has 1 aliphatic carbocycles. The molecule has 0 fully saturated rings. The lowest BCUT2D eigenvalue weighted by atomic mass is 9.97. The lowest BCUT2D eigenvalue weighted by Gasteiger charge is -2.09. The van der Waals surface area contributed by atoms with Crippen LogP contribution in [-0.4, -0.2) is 20.0 Å². The van der Waals surface area contributed by atoms with E-state index in [1.165, 1.54) is 28.3 Å². The second-order valence-corrected chi connectivity index (χ2v) is 7.88. The number of hydrogen-bond acceptors (Lipinski definition) is 6. The number of thiophene rings is 1. The first kappa shape index (κ1) is 16.2. The van der Waals surface area contributed by atoms with Crippen molar-refractivity contribution in [3.05, 3.63) is 47.5 Å². The number of phenols is 1. The van der Waals surface area contributed by atoms with Gasteiger partial charge in [-0.15, -0.1) is 11.3 Å². The second kappa shape index (κ2) is 5.92. The zero-order valence-corrected chi connectivity index (χ0v) is 15.2. The molecule has 0 atom stereocenters. The topological polar surface area (TPSA) is 109 Å². The van der Waals surface area contributed by atoms with Crippen molar-refractivity contribution in [2.45, 2.75) is 25.7 Å². The number of nitro benzene ring substituents is 1. The maximum absolute atomic E-state index is 12.6. The lowest BCUT2D eigenvalue weighted by molar-refractivity contribution is -0.385. The van der Waals surface area contributed by atoms with E-state index in [0.29, 0.717) is 14.7 Å². The van der Waals surface area contributed by atoms with Gasteiger partial charge in [-0.3, -0.25) is 14.9 Å². The van der Waals surface area contributed by atoms with Crippen LogP contribution in [0.25, 0.3) is 21.6 Å². The van der Waals surface area contributed by atoms with E-state index in [9.17, 15) is 20.0 Å². The summed E-state index contributed by atoms with van der Waals surface area (Å²) in [6.45, 7) is 0. The molecule has 2 aromatic heterocycles. The van der Waals surface area contributed by atoms with E-state index in [0.717, 1.165) is 31.2 Å². The largest absolute Gasteiger partial charge is 0.502 e. The number of fused-ring (bicyclic) bond motifs is 3. The highest BCUT2D eigenvalue weighted by atomic mass is 79.9. The number of aryl methyl sites for hydroxylation is 2. The first-order valence-corrected chi connectivity index (χ1v) is 9.28. The van der Waals surface area contributed by atoms with Crippen LogP contribution in [0.15, 0.2) is 21.4 Å². The molecular weight excluding hydrogens is 410 g/mol. The highest BCUT2D eigenvalue weighted by Crippen LogP contribution is 2.39. The number of nitrogens with zero attached hydrogens (tertiary/aromatic N) is 2. The minimum absolute atomic E-state index is 0.117. The Morgan fingerprint density at radius 2 is 2.08 bits per heavy atom. The van der Waals surface area contributed by atoms with Crippen LogP contribution in [0.1, 0.15) is 23.3 Å². The normalized spacial score (nSPS) is 13.8. The third-order valence-corrected chi connectivity index (χ3v) is 5.97. The molecule has 7 nitrogen and oxygen atoms in total. The van der Waals surface area contributed by atoms with Gasteiger partial charge in [-0.2, -0.15) is 0 Å². The Morgan fingerprint density at radius 1 is 1.32 bits per heavy atom. The Balaban J connectivity index is 1.97. The predicted molar refractivity (Wildman–Crippen MR) is 98.3 cm³/mol. The van der Waals surface area contributed by atoms with Gasteiger partial charge in [-0.25, -0.2) is 4.98 Å². The molecule has 4 rings (SSSR count). The van der Waals surface area contributed by atoms with Gasteiger partial charge in [0, 0.05) is 15.4 Å². The standard InChI is InChI=1S/C16H12BrN3O4S/c17-7-5-9(13(21)10(6-7)20(23)24)14-18-15(22)12-8-3-1-2-4-11(8)25-16(12)19-14/h5-6,21H,1-4H2,(H,18,19,22). The summed E-state index contributed by atoms with van der Waals surface area (Å²) in [5, 5.41) is 21.9. The number of halogens is 1. The van der Waals surface area contributed by atoms with E-state index >= 15 is 0 Å². The van der Waals surface area contributed by atoms with Gasteiger partial charge in [0.05, 0.1) is 15.9 Å². The molecule has 0 saturated carbocycles. The fourth-order valence-corrected chi connectivity index (χ4v) is 4.90. The number of aromatic nitrogens is 2. The molecule has 25 heavy (non-hydrogen) atoms. The number of nitro groups is 1. The molecule has 2 heterocycles. The van der Waals surface area contributed by atoms with Crippen molar-refractivity contribution in [3.8, 4) is 17.1 Å². The highest BCUT2D eigenvalue weighted by Gasteiger charge is 2.24. The molecular formula is C16H12BrN3O4S. The summed E-state index contributed by atoms with van der Waals surface area (Å²) in [4.78, 5) is 32.0. The monoisotopic (exact) mass is 421 g/mol. The third-order valence-electron chi connectivity index (χ3n) is 4.33. The van der Waals surface area contributed by atoms with Crippen molar-refractivity contribution in [3.63, 3.8) is 0 Å². The van der Waals surface area contributed by atoms with E-state index in [-0.39, 0.29) is 16.9 Å². The molecule has 0 bridgehead atoms. The van der Waals surface area contributed by atoms with Crippen molar-refractivity contribution >= 4 is 43.2 Å². The average molecular weight is 422 g/mol. The van der Waals surface area contributed by atoms with Crippen LogP contribution in [0.5, 0.6) is 5.75 Å². The average Bonchev–Trinajstić information content (AvgIpc) is 2.95. The summed E-state index contributed by atoms with van der Waals surface area (Å²) in [6.07, 6.45) is 3.97. The van der Waals surface area contributed by atoms with Gasteiger partial charge in [0.1, 0.15) is 10.7 Å². The van der Waals surface area contributed by atoms with Crippen molar-refractivity contribution in [2.24, 2.45) is 0 Å². The quantitative estimate of drug-likeness (QED) is 0.481. The fourth-order valence-electron chi connectivity index (χ4n) is 3.20. The summed E-state index contributed by atoms with van der Waals surface area (Å²) in [7, 11) is 0. The molecule has 3 aromatic rings. The summed E-state index contributed by atoms with van der Waals surface area (Å²) in [6, 6.07) is 2.71. The molecule has 0 aliphatic heterocycles.